The van der Waals surface area contributed by atoms with E-state index in [1.54, 1.807) is 23.5 Å². The molecular weight excluding hydrogens is 609 g/mol. The number of aromatic nitrogens is 8. The number of aromatic amines is 1. The maximum atomic E-state index is 5.30. The highest BCUT2D eigenvalue weighted by atomic mass is 32.2. The molecule has 0 fully saturated rings. The third-order valence-corrected chi connectivity index (χ3v) is 9.37. The maximum Gasteiger partial charge on any atom is 0.180 e. The molecule has 0 bridgehead atoms. The first-order valence-electron chi connectivity index (χ1n) is 15.1. The molecule has 0 aliphatic rings. The SMILES string of the molecule is CC(C)(C)Cc1nc2c(Sc3ccccc3)nnc(Sc3ccccc3)c2n1Cc1ccc(-c2ccccc2-c2nnn[nH]2)cc1. The molecule has 7 aromatic rings. The minimum Gasteiger partial charge on any atom is -0.321 e. The highest BCUT2D eigenvalue weighted by Crippen LogP contribution is 2.39. The van der Waals surface area contributed by atoms with Gasteiger partial charge in [-0.25, -0.2) is 10.1 Å². The number of H-pyrrole nitrogens is 1. The fraction of sp³-hybridized carbons (Fsp3) is 0.167. The van der Waals surface area contributed by atoms with Gasteiger partial charge in [0.25, 0.3) is 0 Å². The van der Waals surface area contributed by atoms with Crippen LogP contribution in [0.5, 0.6) is 0 Å². The summed E-state index contributed by atoms with van der Waals surface area (Å²) in [5, 5.41) is 25.8. The van der Waals surface area contributed by atoms with Crippen molar-refractivity contribution in [1.82, 2.24) is 40.4 Å². The average Bonchev–Trinajstić information content (AvgIpc) is 3.72. The van der Waals surface area contributed by atoms with Gasteiger partial charge in [-0.3, -0.25) is 0 Å². The predicted octanol–water partition coefficient (Wildman–Crippen LogP) is 8.61. The third-order valence-electron chi connectivity index (χ3n) is 7.42. The summed E-state index contributed by atoms with van der Waals surface area (Å²) in [7, 11) is 0. The van der Waals surface area contributed by atoms with E-state index < -0.39 is 0 Å². The molecule has 0 aliphatic carbocycles. The number of tetrazole rings is 1. The van der Waals surface area contributed by atoms with Crippen LogP contribution in [0.1, 0.15) is 32.2 Å². The van der Waals surface area contributed by atoms with Crippen LogP contribution < -0.4 is 0 Å². The number of hydrogen-bond donors (Lipinski definition) is 1. The molecule has 0 radical (unpaired) electrons. The highest BCUT2D eigenvalue weighted by Gasteiger charge is 2.24. The van der Waals surface area contributed by atoms with Crippen LogP contribution >= 0.6 is 23.5 Å². The molecule has 8 nitrogen and oxygen atoms in total. The number of fused-ring (bicyclic) bond motifs is 1. The van der Waals surface area contributed by atoms with E-state index in [0.29, 0.717) is 12.4 Å². The first-order chi connectivity index (χ1) is 22.4. The van der Waals surface area contributed by atoms with Crippen molar-refractivity contribution in [3.8, 4) is 22.5 Å². The number of nitrogens with one attached hydrogen (secondary N) is 1. The molecule has 0 amide bonds. The van der Waals surface area contributed by atoms with Gasteiger partial charge in [-0.15, -0.1) is 15.3 Å². The van der Waals surface area contributed by atoms with E-state index in [2.05, 4.69) is 101 Å². The average molecular weight is 641 g/mol. The number of imidazole rings is 1. The summed E-state index contributed by atoms with van der Waals surface area (Å²) in [6.07, 6.45) is 0.809. The van der Waals surface area contributed by atoms with Crippen LogP contribution in [0.3, 0.4) is 0 Å². The molecule has 7 rings (SSSR count). The lowest BCUT2D eigenvalue weighted by Gasteiger charge is -2.19. The summed E-state index contributed by atoms with van der Waals surface area (Å²) >= 11 is 3.23. The van der Waals surface area contributed by atoms with Gasteiger partial charge in [-0.1, -0.05) is 129 Å². The second kappa shape index (κ2) is 12.9. The second-order valence-corrected chi connectivity index (χ2v) is 14.3. The lowest BCUT2D eigenvalue weighted by molar-refractivity contribution is 0.394. The number of nitrogens with zero attached hydrogens (tertiary/aromatic N) is 7. The van der Waals surface area contributed by atoms with Crippen LogP contribution in [0.4, 0.5) is 0 Å². The van der Waals surface area contributed by atoms with E-state index in [1.807, 2.05) is 54.6 Å². The van der Waals surface area contributed by atoms with Gasteiger partial charge in [0.15, 0.2) is 10.9 Å². The minimum atomic E-state index is 0.0303. The fourth-order valence-electron chi connectivity index (χ4n) is 5.35. The van der Waals surface area contributed by atoms with Gasteiger partial charge in [-0.05, 0) is 56.8 Å². The Morgan fingerprint density at radius 3 is 1.91 bits per heavy atom. The van der Waals surface area contributed by atoms with E-state index in [9.17, 15) is 0 Å². The molecule has 3 aromatic heterocycles. The Bertz CT molecular complexity index is 2070. The van der Waals surface area contributed by atoms with Crippen LogP contribution in [-0.2, 0) is 13.0 Å². The van der Waals surface area contributed by atoms with Gasteiger partial charge in [-0.2, -0.15) is 0 Å². The first kappa shape index (κ1) is 29.9. The molecule has 0 aliphatic heterocycles. The van der Waals surface area contributed by atoms with Crippen molar-refractivity contribution in [1.29, 1.82) is 0 Å². The Morgan fingerprint density at radius 2 is 1.28 bits per heavy atom. The van der Waals surface area contributed by atoms with Gasteiger partial charge in [0, 0.05) is 28.3 Å². The van der Waals surface area contributed by atoms with Crippen LogP contribution in [0, 0.1) is 5.41 Å². The molecule has 0 atom stereocenters. The minimum absolute atomic E-state index is 0.0303. The van der Waals surface area contributed by atoms with Crippen LogP contribution in [-0.4, -0.2) is 40.4 Å². The monoisotopic (exact) mass is 640 g/mol. The van der Waals surface area contributed by atoms with Crippen molar-refractivity contribution in [2.24, 2.45) is 5.41 Å². The predicted molar refractivity (Wildman–Crippen MR) is 184 cm³/mol. The summed E-state index contributed by atoms with van der Waals surface area (Å²) in [4.78, 5) is 7.51. The Hall–Kier alpha value is -4.80. The van der Waals surface area contributed by atoms with E-state index >= 15 is 0 Å². The number of hydrogen-bond acceptors (Lipinski definition) is 8. The molecule has 4 aromatic carbocycles. The van der Waals surface area contributed by atoms with Crippen LogP contribution in [0.25, 0.3) is 33.5 Å². The van der Waals surface area contributed by atoms with Crippen molar-refractivity contribution in [3.63, 3.8) is 0 Å². The highest BCUT2D eigenvalue weighted by molar-refractivity contribution is 8.00. The molecule has 3 heterocycles. The Labute approximate surface area is 276 Å². The van der Waals surface area contributed by atoms with E-state index in [0.717, 1.165) is 59.8 Å². The van der Waals surface area contributed by atoms with Crippen LogP contribution in [0.15, 0.2) is 129 Å². The summed E-state index contributed by atoms with van der Waals surface area (Å²) in [6, 6.07) is 37.5. The van der Waals surface area contributed by atoms with Crippen LogP contribution in [0.2, 0.25) is 0 Å². The second-order valence-electron chi connectivity index (χ2n) is 12.2. The van der Waals surface area contributed by atoms with Crippen molar-refractivity contribution in [2.75, 3.05) is 0 Å². The molecule has 0 spiro atoms. The number of rotatable bonds is 9. The molecule has 10 heteroatoms. The molecule has 228 valence electrons. The summed E-state index contributed by atoms with van der Waals surface area (Å²) in [5.74, 6) is 1.67. The standard InChI is InChI=1S/C36H32N8S2/c1-36(2,3)22-30-37-31-32(35(46-27-14-8-5-9-15-27)41-40-34(31)45-26-12-6-4-7-13-26)44(30)23-24-18-20-25(21-19-24)28-16-10-11-17-29(28)33-38-42-43-39-33/h4-21H,22-23H2,1-3H3,(H,38,39,42,43). The van der Waals surface area contributed by atoms with Gasteiger partial charge < -0.3 is 4.57 Å². The number of benzene rings is 4. The third kappa shape index (κ3) is 6.59. The summed E-state index contributed by atoms with van der Waals surface area (Å²) in [5.41, 5.74) is 6.20. The first-order valence-corrected chi connectivity index (χ1v) is 16.7. The largest absolute Gasteiger partial charge is 0.321 e. The Kier molecular flexibility index (Phi) is 8.38. The molecule has 0 saturated heterocycles. The van der Waals surface area contributed by atoms with Gasteiger partial charge in [0.2, 0.25) is 0 Å². The van der Waals surface area contributed by atoms with Gasteiger partial charge in [0.1, 0.15) is 21.9 Å². The van der Waals surface area contributed by atoms with Gasteiger partial charge >= 0.3 is 0 Å². The van der Waals surface area contributed by atoms with Crippen molar-refractivity contribution in [3.05, 3.63) is 121 Å². The quantitative estimate of drug-likeness (QED) is 0.168. The topological polar surface area (TPSA) is 98.1 Å². The molecule has 46 heavy (non-hydrogen) atoms. The molecular formula is C36H32N8S2. The zero-order valence-electron chi connectivity index (χ0n) is 25.8. The summed E-state index contributed by atoms with van der Waals surface area (Å²) in [6.45, 7) is 7.41. The summed E-state index contributed by atoms with van der Waals surface area (Å²) < 4.78 is 2.35. The van der Waals surface area contributed by atoms with Crippen molar-refractivity contribution in [2.45, 2.75) is 53.6 Å². The maximum absolute atomic E-state index is 5.30. The van der Waals surface area contributed by atoms with E-state index in [1.165, 1.54) is 5.56 Å². The van der Waals surface area contributed by atoms with E-state index in [-0.39, 0.29) is 5.41 Å². The Morgan fingerprint density at radius 1 is 0.674 bits per heavy atom. The normalized spacial score (nSPS) is 11.7. The molecule has 0 unspecified atom stereocenters. The molecule has 0 saturated carbocycles. The zero-order valence-corrected chi connectivity index (χ0v) is 27.4. The van der Waals surface area contributed by atoms with Gasteiger partial charge in [0.05, 0.1) is 0 Å². The lowest BCUT2D eigenvalue weighted by atomic mass is 9.92. The van der Waals surface area contributed by atoms with Crippen molar-refractivity contribution < 1.29 is 0 Å². The lowest BCUT2D eigenvalue weighted by Crippen LogP contribution is -2.15. The Balaban J connectivity index is 1.32. The zero-order chi connectivity index (χ0) is 31.5. The van der Waals surface area contributed by atoms with E-state index in [4.69, 9.17) is 15.2 Å². The fourth-order valence-corrected chi connectivity index (χ4v) is 7.09. The smallest absolute Gasteiger partial charge is 0.180 e. The molecule has 1 N–H and O–H groups in total. The van der Waals surface area contributed by atoms with Crippen molar-refractivity contribution >= 4 is 34.6 Å².